The van der Waals surface area contributed by atoms with E-state index in [1.165, 1.54) is 13.8 Å². The van der Waals surface area contributed by atoms with Gasteiger partial charge in [-0.3, -0.25) is 0 Å². The van der Waals surface area contributed by atoms with Gasteiger partial charge in [0.25, 0.3) is 10.7 Å². The Labute approximate surface area is 198 Å². The van der Waals surface area contributed by atoms with Crippen LogP contribution in [0.15, 0.2) is 23.1 Å². The Morgan fingerprint density at radius 1 is 1.17 bits per heavy atom. The molecular formula is C19H21F8NO7S. The van der Waals surface area contributed by atoms with E-state index >= 15 is 0 Å². The standard InChI is InChI=1S/C19H21F8NO7S/c1-4-13-9-15(36(23,24,25,26)27)10-14-5-7-18(19(20,21)22,35-16(13)14)12(3)34-17(29)33-11(2)6-8-32-28(30)31/h5,7,9-12H,4,6,8H2,1-3H3/t11?,12?,18-/m0/s1. The molecule has 0 aliphatic carbocycles. The summed E-state index contributed by atoms with van der Waals surface area (Å²) < 4.78 is 123. The van der Waals surface area contributed by atoms with E-state index in [9.17, 15) is 47.5 Å². The maximum absolute atomic E-state index is 14.1. The van der Waals surface area contributed by atoms with E-state index in [1.807, 2.05) is 0 Å². The van der Waals surface area contributed by atoms with Gasteiger partial charge in [-0.25, -0.2) is 4.79 Å². The summed E-state index contributed by atoms with van der Waals surface area (Å²) in [7, 11) is -10.2. The van der Waals surface area contributed by atoms with Gasteiger partial charge >= 0.3 is 22.6 Å². The van der Waals surface area contributed by atoms with Gasteiger partial charge in [0, 0.05) is 12.0 Å². The first-order valence-corrected chi connectivity index (χ1v) is 12.0. The number of carbonyl (C=O) groups is 1. The third kappa shape index (κ3) is 6.61. The molecule has 1 aromatic rings. The van der Waals surface area contributed by atoms with Crippen LogP contribution in [0.3, 0.4) is 0 Å². The van der Waals surface area contributed by atoms with Crippen molar-refractivity contribution in [3.63, 3.8) is 0 Å². The molecule has 1 aromatic carbocycles. The van der Waals surface area contributed by atoms with E-state index in [0.717, 1.165) is 6.92 Å². The minimum absolute atomic E-state index is 0.0126. The molecule has 0 bridgehead atoms. The quantitative estimate of drug-likeness (QED) is 0.137. The molecule has 8 nitrogen and oxygen atoms in total. The molecule has 1 aliphatic rings. The summed E-state index contributed by atoms with van der Waals surface area (Å²) in [6.07, 6.45) is -9.94. The zero-order valence-corrected chi connectivity index (χ0v) is 19.6. The Hall–Kier alpha value is -2.98. The van der Waals surface area contributed by atoms with Crippen molar-refractivity contribution in [3.05, 3.63) is 39.4 Å². The SMILES string of the molecule is CCc1cc(S(F)(F)(F)(F)F)cc2c1O[C@@](C(C)OC(=O)OC(C)CCO[N+](=O)[O-])(C(F)(F)F)C=C2. The molecule has 0 saturated heterocycles. The van der Waals surface area contributed by atoms with Crippen molar-refractivity contribution in [2.24, 2.45) is 0 Å². The molecule has 0 saturated carbocycles. The lowest BCUT2D eigenvalue weighted by Crippen LogP contribution is -2.58. The molecular weight excluding hydrogens is 538 g/mol. The van der Waals surface area contributed by atoms with Crippen LogP contribution >= 0.6 is 10.2 Å². The van der Waals surface area contributed by atoms with Gasteiger partial charge in [0.05, 0.1) is 6.61 Å². The number of benzene rings is 1. The van der Waals surface area contributed by atoms with Crippen LogP contribution in [-0.4, -0.2) is 41.8 Å². The summed E-state index contributed by atoms with van der Waals surface area (Å²) in [6, 6.07) is 0.0104. The highest BCUT2D eigenvalue weighted by Gasteiger charge is 2.66. The fourth-order valence-electron chi connectivity index (χ4n) is 3.21. The average molecular weight is 559 g/mol. The molecule has 206 valence electrons. The molecule has 0 spiro atoms. The summed E-state index contributed by atoms with van der Waals surface area (Å²) in [5, 5.41) is 9.02. The second-order valence-corrected chi connectivity index (χ2v) is 10.2. The molecule has 0 amide bonds. The third-order valence-corrected chi connectivity index (χ3v) is 6.24. The van der Waals surface area contributed by atoms with Gasteiger partial charge in [0.15, 0.2) is 6.10 Å². The molecule has 0 aromatic heterocycles. The van der Waals surface area contributed by atoms with Gasteiger partial charge in [-0.2, -0.15) is 13.2 Å². The molecule has 0 radical (unpaired) electrons. The highest BCUT2D eigenvalue weighted by atomic mass is 32.5. The average Bonchev–Trinajstić information content (AvgIpc) is 2.69. The van der Waals surface area contributed by atoms with E-state index in [2.05, 4.69) is 4.84 Å². The highest BCUT2D eigenvalue weighted by Crippen LogP contribution is 3.02. The van der Waals surface area contributed by atoms with Crippen LogP contribution in [0.5, 0.6) is 5.75 Å². The Balaban J connectivity index is 2.36. The van der Waals surface area contributed by atoms with Crippen LogP contribution in [0, 0.1) is 10.1 Å². The van der Waals surface area contributed by atoms with Gasteiger partial charge in [0.2, 0.25) is 0 Å². The molecule has 0 fully saturated rings. The number of carbonyl (C=O) groups excluding carboxylic acids is 1. The lowest BCUT2D eigenvalue weighted by atomic mass is 9.91. The van der Waals surface area contributed by atoms with E-state index in [1.54, 1.807) is 0 Å². The fraction of sp³-hybridized carbons (Fsp3) is 0.526. The Morgan fingerprint density at radius 2 is 1.78 bits per heavy atom. The number of halogens is 8. The lowest BCUT2D eigenvalue weighted by Gasteiger charge is -2.43. The summed E-state index contributed by atoms with van der Waals surface area (Å²) in [5.74, 6) is -0.739. The van der Waals surface area contributed by atoms with E-state index in [4.69, 9.17) is 14.2 Å². The largest absolute Gasteiger partial charge is 0.508 e. The Morgan fingerprint density at radius 3 is 2.28 bits per heavy atom. The number of nitrogens with zero attached hydrogens (tertiary/aromatic N) is 1. The van der Waals surface area contributed by atoms with Crippen molar-refractivity contribution in [1.29, 1.82) is 0 Å². The van der Waals surface area contributed by atoms with Crippen LogP contribution < -0.4 is 4.74 Å². The predicted molar refractivity (Wildman–Crippen MR) is 110 cm³/mol. The van der Waals surface area contributed by atoms with E-state index in [-0.39, 0.29) is 24.6 Å². The second kappa shape index (κ2) is 8.85. The third-order valence-electron chi connectivity index (χ3n) is 5.11. The normalized spacial score (nSPS) is 21.2. The summed E-state index contributed by atoms with van der Waals surface area (Å²) >= 11 is 0. The van der Waals surface area contributed by atoms with Gasteiger partial charge in [-0.15, -0.1) is 10.1 Å². The molecule has 36 heavy (non-hydrogen) atoms. The first kappa shape index (κ1) is 29.3. The van der Waals surface area contributed by atoms with Crippen molar-refractivity contribution >= 4 is 22.5 Å². The molecule has 3 atom stereocenters. The van der Waals surface area contributed by atoms with Gasteiger partial charge < -0.3 is 19.0 Å². The summed E-state index contributed by atoms with van der Waals surface area (Å²) in [4.78, 5) is 23.8. The van der Waals surface area contributed by atoms with Crippen molar-refractivity contribution in [3.8, 4) is 5.75 Å². The van der Waals surface area contributed by atoms with Crippen LogP contribution in [0.1, 0.15) is 38.3 Å². The monoisotopic (exact) mass is 559 g/mol. The number of hydrogen-bond acceptors (Lipinski definition) is 7. The number of rotatable bonds is 9. The van der Waals surface area contributed by atoms with Crippen LogP contribution in [0.2, 0.25) is 0 Å². The first-order chi connectivity index (χ1) is 16.1. The Kier molecular flexibility index (Phi) is 7.19. The zero-order valence-electron chi connectivity index (χ0n) is 18.8. The highest BCUT2D eigenvalue weighted by molar-refractivity contribution is 8.45. The Bertz CT molecular complexity index is 1060. The van der Waals surface area contributed by atoms with Gasteiger partial charge in [-0.05, 0) is 44.0 Å². The predicted octanol–water partition coefficient (Wildman–Crippen LogP) is 7.14. The maximum atomic E-state index is 14.1. The molecule has 17 heteroatoms. The minimum Gasteiger partial charge on any atom is -0.469 e. The molecule has 2 rings (SSSR count). The summed E-state index contributed by atoms with van der Waals surface area (Å²) in [6.45, 7) is 2.78. The smallest absolute Gasteiger partial charge is 0.469 e. The van der Waals surface area contributed by atoms with Gasteiger partial charge in [0.1, 0.15) is 16.7 Å². The first-order valence-electron chi connectivity index (χ1n) is 10.1. The van der Waals surface area contributed by atoms with E-state index in [0.29, 0.717) is 6.08 Å². The fourth-order valence-corrected chi connectivity index (χ4v) is 3.93. The maximum Gasteiger partial charge on any atom is 0.508 e. The minimum atomic E-state index is -10.2. The zero-order chi connectivity index (χ0) is 27.8. The molecule has 0 N–H and O–H groups in total. The van der Waals surface area contributed by atoms with Crippen molar-refractivity contribution in [2.45, 2.75) is 62.5 Å². The lowest BCUT2D eigenvalue weighted by molar-refractivity contribution is -0.758. The number of alkyl halides is 3. The van der Waals surface area contributed by atoms with Crippen molar-refractivity contribution < 1.29 is 61.5 Å². The topological polar surface area (TPSA) is 97.1 Å². The second-order valence-electron chi connectivity index (χ2n) is 7.83. The number of aryl methyl sites for hydroxylation is 1. The molecule has 1 heterocycles. The number of ether oxygens (including phenoxy) is 3. The van der Waals surface area contributed by atoms with Crippen molar-refractivity contribution in [1.82, 2.24) is 0 Å². The van der Waals surface area contributed by atoms with Crippen molar-refractivity contribution in [2.75, 3.05) is 6.61 Å². The number of fused-ring (bicyclic) bond motifs is 1. The van der Waals surface area contributed by atoms with Crippen LogP contribution in [0.25, 0.3) is 6.08 Å². The number of hydrogen-bond donors (Lipinski definition) is 0. The molecule has 1 aliphatic heterocycles. The molecule has 2 unspecified atom stereocenters. The van der Waals surface area contributed by atoms with Crippen LogP contribution in [0.4, 0.5) is 37.4 Å². The van der Waals surface area contributed by atoms with E-state index < -0.39 is 80.3 Å². The van der Waals surface area contributed by atoms with Crippen LogP contribution in [-0.2, 0) is 20.7 Å². The van der Waals surface area contributed by atoms with Gasteiger partial charge in [-0.1, -0.05) is 32.4 Å². The summed E-state index contributed by atoms with van der Waals surface area (Å²) in [5.41, 5.74) is -4.66.